The summed E-state index contributed by atoms with van der Waals surface area (Å²) < 4.78 is 12.4. The van der Waals surface area contributed by atoms with E-state index in [2.05, 4.69) is 20.3 Å². The number of hydrogen-bond donors (Lipinski definition) is 4. The number of aliphatic hydroxyl groups is 3. The lowest BCUT2D eigenvalue weighted by Gasteiger charge is -2.16. The van der Waals surface area contributed by atoms with Crippen LogP contribution in [0, 0.1) is 0 Å². The van der Waals surface area contributed by atoms with Gasteiger partial charge in [-0.1, -0.05) is 0 Å². The first kappa shape index (κ1) is 15.7. The van der Waals surface area contributed by atoms with Crippen molar-refractivity contribution in [2.75, 3.05) is 25.1 Å². The van der Waals surface area contributed by atoms with Gasteiger partial charge in [0.15, 0.2) is 23.2 Å². The maximum atomic E-state index is 10.2. The fraction of sp³-hybridized carbons (Fsp3) is 0.643. The van der Waals surface area contributed by atoms with E-state index in [1.54, 1.807) is 0 Å². The SMILES string of the molecule is OC[C@@H]1O[C@H](n2cnc3c(N[C@@H]4CCOC4)ncnc32)[C@@H](O)[C@H]1O. The maximum absolute atomic E-state index is 10.2. The van der Waals surface area contributed by atoms with Crippen molar-refractivity contribution < 1.29 is 24.8 Å². The molecule has 2 aromatic rings. The van der Waals surface area contributed by atoms with Crippen LogP contribution in [-0.2, 0) is 9.47 Å². The molecule has 0 radical (unpaired) electrons. The van der Waals surface area contributed by atoms with Gasteiger partial charge in [0, 0.05) is 6.61 Å². The van der Waals surface area contributed by atoms with E-state index in [-0.39, 0.29) is 12.6 Å². The van der Waals surface area contributed by atoms with E-state index in [9.17, 15) is 15.3 Å². The van der Waals surface area contributed by atoms with Crippen LogP contribution in [0.5, 0.6) is 0 Å². The predicted octanol–water partition coefficient (Wildman–Crippen LogP) is -1.36. The van der Waals surface area contributed by atoms with Crippen molar-refractivity contribution >= 4 is 17.0 Å². The van der Waals surface area contributed by atoms with Gasteiger partial charge in [-0.05, 0) is 6.42 Å². The van der Waals surface area contributed by atoms with Gasteiger partial charge in [0.1, 0.15) is 24.6 Å². The van der Waals surface area contributed by atoms with E-state index in [0.29, 0.717) is 30.2 Å². The number of fused-ring (bicyclic) bond motifs is 1. The Morgan fingerprint density at radius 1 is 1.25 bits per heavy atom. The summed E-state index contributed by atoms with van der Waals surface area (Å²) in [6, 6.07) is 0.169. The van der Waals surface area contributed by atoms with Crippen molar-refractivity contribution in [2.24, 2.45) is 0 Å². The van der Waals surface area contributed by atoms with E-state index in [1.807, 2.05) is 0 Å². The Morgan fingerprint density at radius 2 is 2.12 bits per heavy atom. The van der Waals surface area contributed by atoms with Gasteiger partial charge in [0.2, 0.25) is 0 Å². The van der Waals surface area contributed by atoms with Gasteiger partial charge in [0.25, 0.3) is 0 Å². The highest BCUT2D eigenvalue weighted by Crippen LogP contribution is 2.32. The Balaban J connectivity index is 1.65. The van der Waals surface area contributed by atoms with E-state index in [0.717, 1.165) is 6.42 Å². The minimum Gasteiger partial charge on any atom is -0.394 e. The van der Waals surface area contributed by atoms with E-state index >= 15 is 0 Å². The highest BCUT2D eigenvalue weighted by atomic mass is 16.6. The topological polar surface area (TPSA) is 135 Å². The quantitative estimate of drug-likeness (QED) is 0.533. The summed E-state index contributed by atoms with van der Waals surface area (Å²) in [6.07, 6.45) is -0.310. The molecule has 0 spiro atoms. The van der Waals surface area contributed by atoms with Gasteiger partial charge in [-0.15, -0.1) is 0 Å². The second kappa shape index (κ2) is 6.22. The lowest BCUT2D eigenvalue weighted by molar-refractivity contribution is -0.0511. The smallest absolute Gasteiger partial charge is 0.167 e. The summed E-state index contributed by atoms with van der Waals surface area (Å²) in [5, 5.41) is 32.6. The van der Waals surface area contributed by atoms with Gasteiger partial charge in [-0.3, -0.25) is 4.57 Å². The largest absolute Gasteiger partial charge is 0.394 e. The standard InChI is InChI=1S/C14H19N5O5/c20-3-8-10(21)11(22)14(24-8)19-6-17-9-12(15-5-16-13(9)19)18-7-1-2-23-4-7/h5-8,10-11,14,20-22H,1-4H2,(H,15,16,18)/t7-,8+,10+,11+,14+/m1/s1. The fourth-order valence-corrected chi connectivity index (χ4v) is 3.10. The van der Waals surface area contributed by atoms with Gasteiger partial charge in [-0.25, -0.2) is 15.0 Å². The van der Waals surface area contributed by atoms with E-state index in [1.165, 1.54) is 17.2 Å². The van der Waals surface area contributed by atoms with Crippen LogP contribution in [0.2, 0.25) is 0 Å². The maximum Gasteiger partial charge on any atom is 0.167 e. The predicted molar refractivity (Wildman–Crippen MR) is 81.2 cm³/mol. The minimum atomic E-state index is -1.19. The second-order valence-electron chi connectivity index (χ2n) is 5.98. The number of imidazole rings is 1. The normalized spacial score (nSPS) is 33.4. The monoisotopic (exact) mass is 337 g/mol. The molecule has 0 unspecified atom stereocenters. The molecule has 4 N–H and O–H groups in total. The van der Waals surface area contributed by atoms with Crippen molar-refractivity contribution in [2.45, 2.75) is 37.0 Å². The van der Waals surface area contributed by atoms with Crippen molar-refractivity contribution in [3.8, 4) is 0 Å². The molecule has 24 heavy (non-hydrogen) atoms. The first-order valence-corrected chi connectivity index (χ1v) is 7.83. The molecule has 0 bridgehead atoms. The van der Waals surface area contributed by atoms with Crippen molar-refractivity contribution in [1.82, 2.24) is 19.5 Å². The number of aliphatic hydroxyl groups excluding tert-OH is 3. The highest BCUT2D eigenvalue weighted by molar-refractivity contribution is 5.82. The molecule has 0 amide bonds. The number of ether oxygens (including phenoxy) is 2. The van der Waals surface area contributed by atoms with Gasteiger partial charge in [-0.2, -0.15) is 0 Å². The molecule has 0 aromatic carbocycles. The molecule has 2 saturated heterocycles. The molecule has 5 atom stereocenters. The van der Waals surface area contributed by atoms with Crippen LogP contribution in [0.4, 0.5) is 5.82 Å². The van der Waals surface area contributed by atoms with E-state index < -0.39 is 24.5 Å². The summed E-state index contributed by atoms with van der Waals surface area (Å²) in [5.74, 6) is 0.584. The number of nitrogens with one attached hydrogen (secondary N) is 1. The molecule has 0 saturated carbocycles. The molecule has 0 aliphatic carbocycles. The highest BCUT2D eigenvalue weighted by Gasteiger charge is 2.44. The molecule has 2 aliphatic heterocycles. The average Bonchev–Trinajstić information content (AvgIpc) is 3.30. The van der Waals surface area contributed by atoms with Crippen molar-refractivity contribution in [1.29, 1.82) is 0 Å². The van der Waals surface area contributed by atoms with Crippen LogP contribution < -0.4 is 5.32 Å². The number of rotatable bonds is 4. The van der Waals surface area contributed by atoms with Gasteiger partial charge < -0.3 is 30.1 Å². The minimum absolute atomic E-state index is 0.169. The average molecular weight is 337 g/mol. The van der Waals surface area contributed by atoms with Gasteiger partial charge >= 0.3 is 0 Å². The molecule has 4 heterocycles. The van der Waals surface area contributed by atoms with E-state index in [4.69, 9.17) is 9.47 Å². The molecular formula is C14H19N5O5. The lowest BCUT2D eigenvalue weighted by atomic mass is 10.1. The molecule has 2 aliphatic rings. The number of aromatic nitrogens is 4. The summed E-state index contributed by atoms with van der Waals surface area (Å²) in [4.78, 5) is 12.8. The molecule has 2 fully saturated rings. The van der Waals surface area contributed by atoms with Crippen molar-refractivity contribution in [3.05, 3.63) is 12.7 Å². The van der Waals surface area contributed by atoms with Crippen LogP contribution >= 0.6 is 0 Å². The molecule has 4 rings (SSSR count). The zero-order chi connectivity index (χ0) is 16.7. The number of anilines is 1. The third-order valence-electron chi connectivity index (χ3n) is 4.42. The molecular weight excluding hydrogens is 318 g/mol. The third-order valence-corrected chi connectivity index (χ3v) is 4.42. The summed E-state index contributed by atoms with van der Waals surface area (Å²) in [7, 11) is 0. The zero-order valence-corrected chi connectivity index (χ0v) is 12.8. The Labute approximate surface area is 137 Å². The lowest BCUT2D eigenvalue weighted by Crippen LogP contribution is -2.33. The third kappa shape index (κ3) is 2.52. The number of hydrogen-bond acceptors (Lipinski definition) is 9. The Morgan fingerprint density at radius 3 is 2.83 bits per heavy atom. The molecule has 2 aromatic heterocycles. The summed E-state index contributed by atoms with van der Waals surface area (Å²) >= 11 is 0. The number of nitrogens with zero attached hydrogens (tertiary/aromatic N) is 4. The Hall–Kier alpha value is -1.85. The Bertz CT molecular complexity index is 719. The molecule has 10 heteroatoms. The van der Waals surface area contributed by atoms with Crippen LogP contribution in [0.1, 0.15) is 12.6 Å². The van der Waals surface area contributed by atoms with Crippen LogP contribution in [0.15, 0.2) is 12.7 Å². The molecule has 130 valence electrons. The Kier molecular flexibility index (Phi) is 4.06. The fourth-order valence-electron chi connectivity index (χ4n) is 3.10. The summed E-state index contributed by atoms with van der Waals surface area (Å²) in [6.45, 7) is 0.939. The second-order valence-corrected chi connectivity index (χ2v) is 5.98. The van der Waals surface area contributed by atoms with Gasteiger partial charge in [0.05, 0.1) is 25.6 Å². The summed E-state index contributed by atoms with van der Waals surface area (Å²) in [5.41, 5.74) is 1.02. The van der Waals surface area contributed by atoms with Crippen molar-refractivity contribution in [3.63, 3.8) is 0 Å². The van der Waals surface area contributed by atoms with Crippen LogP contribution in [0.3, 0.4) is 0 Å². The zero-order valence-electron chi connectivity index (χ0n) is 12.8. The molecule has 10 nitrogen and oxygen atoms in total. The first-order chi connectivity index (χ1) is 11.7. The van der Waals surface area contributed by atoms with Crippen LogP contribution in [-0.4, -0.2) is 79.0 Å². The first-order valence-electron chi connectivity index (χ1n) is 7.83. The van der Waals surface area contributed by atoms with Crippen LogP contribution in [0.25, 0.3) is 11.2 Å².